The Bertz CT molecular complexity index is 300. The van der Waals surface area contributed by atoms with Crippen molar-refractivity contribution in [3.63, 3.8) is 0 Å². The predicted molar refractivity (Wildman–Crippen MR) is 59.0 cm³/mol. The highest BCUT2D eigenvalue weighted by molar-refractivity contribution is 5.75. The largest absolute Gasteiger partial charge is 0.341 e. The molecule has 0 spiro atoms. The molecule has 0 bridgehead atoms. The Morgan fingerprint density at radius 3 is 2.73 bits per heavy atom. The number of amides is 1. The van der Waals surface area contributed by atoms with Crippen molar-refractivity contribution < 1.29 is 4.79 Å². The van der Waals surface area contributed by atoms with Crippen LogP contribution in [0.2, 0.25) is 0 Å². The van der Waals surface area contributed by atoms with Crippen molar-refractivity contribution in [1.82, 2.24) is 9.88 Å². The summed E-state index contributed by atoms with van der Waals surface area (Å²) in [4.78, 5) is 17.2. The maximum absolute atomic E-state index is 11.6. The maximum Gasteiger partial charge on any atom is 0.222 e. The molecule has 2 N–H and O–H groups in total. The highest BCUT2D eigenvalue weighted by Gasteiger charge is 2.07. The van der Waals surface area contributed by atoms with Crippen molar-refractivity contribution in [2.24, 2.45) is 5.73 Å². The number of hydrogen-bond acceptors (Lipinski definition) is 3. The number of carbonyl (C=O) groups excluding carboxylic acids is 1. The quantitative estimate of drug-likeness (QED) is 0.776. The molecule has 0 unspecified atom stereocenters. The third kappa shape index (κ3) is 4.08. The van der Waals surface area contributed by atoms with Crippen molar-refractivity contribution in [3.8, 4) is 0 Å². The highest BCUT2D eigenvalue weighted by Crippen LogP contribution is 2.03. The normalized spacial score (nSPS) is 10.0. The van der Waals surface area contributed by atoms with Crippen LogP contribution in [0.25, 0.3) is 0 Å². The summed E-state index contributed by atoms with van der Waals surface area (Å²) in [5.74, 6) is 0.136. The van der Waals surface area contributed by atoms with Crippen molar-refractivity contribution >= 4 is 5.91 Å². The van der Waals surface area contributed by atoms with E-state index in [2.05, 4.69) is 4.98 Å². The Hall–Kier alpha value is -1.42. The van der Waals surface area contributed by atoms with Gasteiger partial charge in [-0.2, -0.15) is 0 Å². The molecule has 1 aromatic heterocycles. The Kier molecular flexibility index (Phi) is 4.77. The molecular weight excluding hydrogens is 190 g/mol. The van der Waals surface area contributed by atoms with Gasteiger partial charge in [0.1, 0.15) is 0 Å². The smallest absolute Gasteiger partial charge is 0.222 e. The summed E-state index contributed by atoms with van der Waals surface area (Å²) in [7, 11) is 1.80. The lowest BCUT2D eigenvalue weighted by molar-refractivity contribution is -0.130. The van der Waals surface area contributed by atoms with Gasteiger partial charge in [0, 0.05) is 32.4 Å². The second-order valence-electron chi connectivity index (χ2n) is 3.50. The van der Waals surface area contributed by atoms with Gasteiger partial charge in [-0.1, -0.05) is 0 Å². The number of carbonyl (C=O) groups is 1. The second-order valence-corrected chi connectivity index (χ2v) is 3.50. The number of pyridine rings is 1. The van der Waals surface area contributed by atoms with Gasteiger partial charge in [0.05, 0.1) is 0 Å². The molecule has 0 saturated carbocycles. The van der Waals surface area contributed by atoms with Crippen LogP contribution in [0.5, 0.6) is 0 Å². The van der Waals surface area contributed by atoms with Crippen LogP contribution in [0, 0.1) is 0 Å². The van der Waals surface area contributed by atoms with Crippen molar-refractivity contribution in [1.29, 1.82) is 0 Å². The molecular formula is C11H17N3O. The van der Waals surface area contributed by atoms with E-state index < -0.39 is 0 Å². The molecule has 4 heteroatoms. The fourth-order valence-corrected chi connectivity index (χ4v) is 1.29. The molecule has 0 aliphatic heterocycles. The first-order valence-electron chi connectivity index (χ1n) is 5.07. The number of aromatic nitrogens is 1. The monoisotopic (exact) mass is 207 g/mol. The number of nitrogens with two attached hydrogens (primary N) is 1. The third-order valence-corrected chi connectivity index (χ3v) is 2.19. The minimum atomic E-state index is 0.136. The van der Waals surface area contributed by atoms with E-state index in [9.17, 15) is 4.79 Å². The van der Waals surface area contributed by atoms with Crippen LogP contribution >= 0.6 is 0 Å². The number of rotatable bonds is 5. The molecule has 82 valence electrons. The van der Waals surface area contributed by atoms with Crippen LogP contribution in [-0.4, -0.2) is 29.4 Å². The number of nitrogens with zero attached hydrogens (tertiary/aromatic N) is 2. The fraction of sp³-hybridized carbons (Fsp3) is 0.455. The van der Waals surface area contributed by atoms with Crippen LogP contribution in [-0.2, 0) is 11.3 Å². The molecule has 1 rings (SSSR count). The Morgan fingerprint density at radius 1 is 1.47 bits per heavy atom. The van der Waals surface area contributed by atoms with Gasteiger partial charge in [0.2, 0.25) is 5.91 Å². The van der Waals surface area contributed by atoms with Gasteiger partial charge >= 0.3 is 0 Å². The topological polar surface area (TPSA) is 59.2 Å². The maximum atomic E-state index is 11.6. The zero-order chi connectivity index (χ0) is 11.1. The third-order valence-electron chi connectivity index (χ3n) is 2.19. The molecule has 0 atom stereocenters. The summed E-state index contributed by atoms with van der Waals surface area (Å²) in [6.07, 6.45) is 4.73. The van der Waals surface area contributed by atoms with Gasteiger partial charge in [-0.05, 0) is 30.7 Å². The molecule has 0 fully saturated rings. The van der Waals surface area contributed by atoms with Gasteiger partial charge < -0.3 is 10.6 Å². The Balaban J connectivity index is 2.41. The van der Waals surface area contributed by atoms with Gasteiger partial charge in [-0.25, -0.2) is 0 Å². The van der Waals surface area contributed by atoms with Crippen LogP contribution < -0.4 is 5.73 Å². The molecule has 0 saturated heterocycles. The summed E-state index contributed by atoms with van der Waals surface area (Å²) < 4.78 is 0. The minimum absolute atomic E-state index is 0.136. The van der Waals surface area contributed by atoms with E-state index in [1.165, 1.54) is 0 Å². The van der Waals surface area contributed by atoms with E-state index in [1.807, 2.05) is 12.1 Å². The van der Waals surface area contributed by atoms with E-state index in [1.54, 1.807) is 24.3 Å². The molecule has 4 nitrogen and oxygen atoms in total. The van der Waals surface area contributed by atoms with E-state index in [4.69, 9.17) is 5.73 Å². The first-order chi connectivity index (χ1) is 7.24. The fourth-order valence-electron chi connectivity index (χ4n) is 1.29. The summed E-state index contributed by atoms with van der Waals surface area (Å²) in [6, 6.07) is 3.82. The summed E-state index contributed by atoms with van der Waals surface area (Å²) >= 11 is 0. The van der Waals surface area contributed by atoms with Crippen LogP contribution in [0.15, 0.2) is 24.5 Å². The molecule has 15 heavy (non-hydrogen) atoms. The standard InChI is InChI=1S/C11H17N3O/c1-14(11(15)3-2-6-12)9-10-4-7-13-8-5-10/h4-5,7-8H,2-3,6,9,12H2,1H3. The van der Waals surface area contributed by atoms with Gasteiger partial charge in [-0.3, -0.25) is 9.78 Å². The Labute approximate surface area is 90.1 Å². The predicted octanol–water partition coefficient (Wildman–Crippen LogP) is 0.779. The van der Waals surface area contributed by atoms with Gasteiger partial charge in [0.15, 0.2) is 0 Å². The molecule has 0 aliphatic rings. The summed E-state index contributed by atoms with van der Waals surface area (Å²) in [5.41, 5.74) is 6.44. The average Bonchev–Trinajstić information content (AvgIpc) is 2.27. The zero-order valence-electron chi connectivity index (χ0n) is 9.02. The SMILES string of the molecule is CN(Cc1ccncc1)C(=O)CCCN. The van der Waals surface area contributed by atoms with Crippen LogP contribution in [0.4, 0.5) is 0 Å². The van der Waals surface area contributed by atoms with Gasteiger partial charge in [0.25, 0.3) is 0 Å². The highest BCUT2D eigenvalue weighted by atomic mass is 16.2. The number of hydrogen-bond donors (Lipinski definition) is 1. The van der Waals surface area contributed by atoms with E-state index in [0.717, 1.165) is 12.0 Å². The summed E-state index contributed by atoms with van der Waals surface area (Å²) in [6.45, 7) is 1.20. The lowest BCUT2D eigenvalue weighted by atomic mass is 10.2. The molecule has 1 amide bonds. The molecule has 1 heterocycles. The van der Waals surface area contributed by atoms with E-state index >= 15 is 0 Å². The Morgan fingerprint density at radius 2 is 2.13 bits per heavy atom. The van der Waals surface area contributed by atoms with Crippen molar-refractivity contribution in [3.05, 3.63) is 30.1 Å². The van der Waals surface area contributed by atoms with Crippen molar-refractivity contribution in [2.75, 3.05) is 13.6 Å². The zero-order valence-corrected chi connectivity index (χ0v) is 9.02. The molecule has 0 aromatic carbocycles. The van der Waals surface area contributed by atoms with E-state index in [0.29, 0.717) is 19.5 Å². The summed E-state index contributed by atoms with van der Waals surface area (Å²) in [5, 5.41) is 0. The van der Waals surface area contributed by atoms with E-state index in [-0.39, 0.29) is 5.91 Å². The van der Waals surface area contributed by atoms with Crippen LogP contribution in [0.1, 0.15) is 18.4 Å². The minimum Gasteiger partial charge on any atom is -0.341 e. The molecule has 0 radical (unpaired) electrons. The molecule has 1 aromatic rings. The second kappa shape index (κ2) is 6.14. The molecule has 0 aliphatic carbocycles. The van der Waals surface area contributed by atoms with Crippen LogP contribution in [0.3, 0.4) is 0 Å². The van der Waals surface area contributed by atoms with Gasteiger partial charge in [-0.15, -0.1) is 0 Å². The lowest BCUT2D eigenvalue weighted by Crippen LogP contribution is -2.26. The first kappa shape index (κ1) is 11.7. The average molecular weight is 207 g/mol. The van der Waals surface area contributed by atoms with Crippen molar-refractivity contribution in [2.45, 2.75) is 19.4 Å². The first-order valence-corrected chi connectivity index (χ1v) is 5.07. The lowest BCUT2D eigenvalue weighted by Gasteiger charge is -2.16.